The lowest BCUT2D eigenvalue weighted by Crippen LogP contribution is -1.93. The predicted molar refractivity (Wildman–Crippen MR) is 216 cm³/mol. The van der Waals surface area contributed by atoms with Crippen molar-refractivity contribution in [3.63, 3.8) is 0 Å². The second kappa shape index (κ2) is 12.0. The molecule has 10 aromatic rings. The van der Waals surface area contributed by atoms with Gasteiger partial charge in [-0.15, -0.1) is 0 Å². The SMILES string of the molecule is [2H]c1c([2H])c([2H])c(-c2ccc(-c3c4ccccc4c(-c4cccc5oc6ccc(-c7ccccc7)cc6c45)c4ccccc34)cc2-c2ccccc2)c([2H])c1[2H]. The summed E-state index contributed by atoms with van der Waals surface area (Å²) in [6, 6.07) is 54.5. The lowest BCUT2D eigenvalue weighted by Gasteiger charge is -2.19. The average molecular weight is 654 g/mol. The van der Waals surface area contributed by atoms with Gasteiger partial charge in [-0.3, -0.25) is 0 Å². The summed E-state index contributed by atoms with van der Waals surface area (Å²) in [5.41, 5.74) is 10.6. The molecule has 0 aliphatic heterocycles. The molecule has 0 fully saturated rings. The van der Waals surface area contributed by atoms with Gasteiger partial charge in [0.05, 0.1) is 6.85 Å². The Kier molecular flexibility index (Phi) is 5.76. The molecule has 1 heteroatoms. The Morgan fingerprint density at radius 2 is 0.941 bits per heavy atom. The van der Waals surface area contributed by atoms with Crippen LogP contribution in [0.1, 0.15) is 6.85 Å². The number of furan rings is 1. The summed E-state index contributed by atoms with van der Waals surface area (Å²) in [5, 5.41) is 6.47. The van der Waals surface area contributed by atoms with Gasteiger partial charge in [0.2, 0.25) is 0 Å². The Balaban J connectivity index is 1.26. The molecule has 0 atom stereocenters. The van der Waals surface area contributed by atoms with E-state index in [-0.39, 0.29) is 29.7 Å². The molecule has 0 bridgehead atoms. The Morgan fingerprint density at radius 1 is 0.333 bits per heavy atom. The highest BCUT2D eigenvalue weighted by Gasteiger charge is 2.21. The van der Waals surface area contributed by atoms with E-state index in [2.05, 4.69) is 109 Å². The molecule has 0 N–H and O–H groups in total. The molecule has 0 aliphatic rings. The van der Waals surface area contributed by atoms with Gasteiger partial charge in [-0.05, 0) is 101 Å². The molecule has 1 aromatic heterocycles. The van der Waals surface area contributed by atoms with E-state index >= 15 is 0 Å². The van der Waals surface area contributed by atoms with Gasteiger partial charge in [0.25, 0.3) is 0 Å². The summed E-state index contributed by atoms with van der Waals surface area (Å²) in [6.07, 6.45) is 0. The molecular weight excluding hydrogens is 617 g/mol. The quantitative estimate of drug-likeness (QED) is 0.169. The molecular formula is C50H32O. The van der Waals surface area contributed by atoms with Crippen LogP contribution in [0.15, 0.2) is 198 Å². The van der Waals surface area contributed by atoms with Crippen molar-refractivity contribution in [3.05, 3.63) is 194 Å². The molecule has 0 radical (unpaired) electrons. The lowest BCUT2D eigenvalue weighted by molar-refractivity contribution is 0.669. The van der Waals surface area contributed by atoms with Crippen molar-refractivity contribution >= 4 is 43.5 Å². The molecule has 51 heavy (non-hydrogen) atoms. The Morgan fingerprint density at radius 3 is 1.63 bits per heavy atom. The van der Waals surface area contributed by atoms with E-state index in [1.165, 1.54) is 0 Å². The van der Waals surface area contributed by atoms with E-state index < -0.39 is 6.04 Å². The molecule has 1 nitrogen and oxygen atoms in total. The van der Waals surface area contributed by atoms with Crippen molar-refractivity contribution in [3.8, 4) is 55.6 Å². The second-order valence-electron chi connectivity index (χ2n) is 12.8. The third-order valence-corrected chi connectivity index (χ3v) is 9.97. The highest BCUT2D eigenvalue weighted by Crippen LogP contribution is 2.48. The normalized spacial score (nSPS) is 12.9. The van der Waals surface area contributed by atoms with Gasteiger partial charge in [0.1, 0.15) is 11.2 Å². The molecule has 0 unspecified atom stereocenters. The first-order valence-electron chi connectivity index (χ1n) is 19.6. The minimum Gasteiger partial charge on any atom is -0.456 e. The molecule has 238 valence electrons. The number of fused-ring (bicyclic) bond motifs is 5. The van der Waals surface area contributed by atoms with Crippen LogP contribution in [0.2, 0.25) is 0 Å². The number of hydrogen-bond acceptors (Lipinski definition) is 1. The van der Waals surface area contributed by atoms with E-state index in [1.807, 2.05) is 54.6 Å². The van der Waals surface area contributed by atoms with E-state index in [4.69, 9.17) is 11.3 Å². The molecule has 0 amide bonds. The zero-order valence-corrected chi connectivity index (χ0v) is 27.5. The van der Waals surface area contributed by atoms with Gasteiger partial charge in [-0.25, -0.2) is 0 Å². The van der Waals surface area contributed by atoms with Crippen molar-refractivity contribution in [1.82, 2.24) is 0 Å². The summed E-state index contributed by atoms with van der Waals surface area (Å²) in [7, 11) is 0. The predicted octanol–water partition coefficient (Wildman–Crippen LogP) is 14.2. The van der Waals surface area contributed by atoms with Gasteiger partial charge in [-0.1, -0.05) is 170 Å². The van der Waals surface area contributed by atoms with Gasteiger partial charge in [-0.2, -0.15) is 0 Å². The van der Waals surface area contributed by atoms with Crippen LogP contribution in [0.4, 0.5) is 0 Å². The van der Waals surface area contributed by atoms with Crippen LogP contribution in [-0.2, 0) is 0 Å². The van der Waals surface area contributed by atoms with Gasteiger partial charge >= 0.3 is 0 Å². The molecule has 1 heterocycles. The smallest absolute Gasteiger partial charge is 0.136 e. The molecule has 9 aromatic carbocycles. The molecule has 0 aliphatic carbocycles. The maximum Gasteiger partial charge on any atom is 0.136 e. The van der Waals surface area contributed by atoms with Crippen molar-refractivity contribution in [2.24, 2.45) is 0 Å². The van der Waals surface area contributed by atoms with Crippen LogP contribution in [-0.4, -0.2) is 0 Å². The molecule has 0 saturated carbocycles. The van der Waals surface area contributed by atoms with Crippen molar-refractivity contribution in [2.75, 3.05) is 0 Å². The summed E-state index contributed by atoms with van der Waals surface area (Å²) in [6.45, 7) is 0. The van der Waals surface area contributed by atoms with Gasteiger partial charge < -0.3 is 4.42 Å². The van der Waals surface area contributed by atoms with Gasteiger partial charge in [0.15, 0.2) is 0 Å². The first kappa shape index (κ1) is 24.4. The summed E-state index contributed by atoms with van der Waals surface area (Å²) in [5.74, 6) is 0. The van der Waals surface area contributed by atoms with Crippen molar-refractivity contribution in [2.45, 2.75) is 0 Å². The maximum absolute atomic E-state index is 8.84. The van der Waals surface area contributed by atoms with Crippen LogP contribution >= 0.6 is 0 Å². The zero-order chi connectivity index (χ0) is 38.1. The lowest BCUT2D eigenvalue weighted by atomic mass is 9.83. The Bertz CT molecular complexity index is 3100. The minimum absolute atomic E-state index is 0.183. The third kappa shape index (κ3) is 4.86. The second-order valence-corrected chi connectivity index (χ2v) is 12.8. The number of benzene rings is 9. The van der Waals surface area contributed by atoms with Crippen LogP contribution in [0, 0.1) is 0 Å². The molecule has 10 rings (SSSR count). The fourth-order valence-corrected chi connectivity index (χ4v) is 7.73. The van der Waals surface area contributed by atoms with Crippen LogP contribution < -0.4 is 0 Å². The fraction of sp³-hybridized carbons (Fsp3) is 0. The molecule has 0 spiro atoms. The Hall–Kier alpha value is -6.70. The minimum atomic E-state index is -0.407. The van der Waals surface area contributed by atoms with E-state index in [0.29, 0.717) is 5.56 Å². The maximum atomic E-state index is 8.84. The van der Waals surface area contributed by atoms with Gasteiger partial charge in [0, 0.05) is 10.8 Å². The van der Waals surface area contributed by atoms with Crippen molar-refractivity contribution < 1.29 is 11.3 Å². The first-order valence-corrected chi connectivity index (χ1v) is 17.1. The summed E-state index contributed by atoms with van der Waals surface area (Å²) < 4.78 is 49.3. The zero-order valence-electron chi connectivity index (χ0n) is 32.5. The monoisotopic (exact) mass is 653 g/mol. The van der Waals surface area contributed by atoms with E-state index in [0.717, 1.165) is 88.0 Å². The summed E-state index contributed by atoms with van der Waals surface area (Å²) in [4.78, 5) is 0. The highest BCUT2D eigenvalue weighted by atomic mass is 16.3. The van der Waals surface area contributed by atoms with E-state index in [9.17, 15) is 0 Å². The summed E-state index contributed by atoms with van der Waals surface area (Å²) >= 11 is 0. The first-order chi connectivity index (χ1) is 27.4. The number of rotatable bonds is 5. The molecule has 0 saturated heterocycles. The van der Waals surface area contributed by atoms with E-state index in [1.54, 1.807) is 0 Å². The van der Waals surface area contributed by atoms with Crippen LogP contribution in [0.5, 0.6) is 0 Å². The third-order valence-electron chi connectivity index (χ3n) is 9.97. The Labute approximate surface area is 303 Å². The van der Waals surface area contributed by atoms with Crippen LogP contribution in [0.25, 0.3) is 99.1 Å². The standard InChI is InChI=1S/C50H32O/c1-4-15-33(16-5-1)36-28-30-46-45(31-36)50-43(25-14-26-47(50)51-46)49-41-23-12-10-21-39(41)48(40-22-11-13-24-42(40)49)37-27-29-38(34-17-6-2-7-18-34)44(32-37)35-19-8-3-9-20-35/h1-32H/i2D,6D,7D,17D,18D. The van der Waals surface area contributed by atoms with Crippen molar-refractivity contribution in [1.29, 1.82) is 0 Å². The topological polar surface area (TPSA) is 13.1 Å². The highest BCUT2D eigenvalue weighted by molar-refractivity contribution is 6.26. The fourth-order valence-electron chi connectivity index (χ4n) is 7.73. The average Bonchev–Trinajstić information content (AvgIpc) is 3.63. The number of hydrogen-bond donors (Lipinski definition) is 0. The van der Waals surface area contributed by atoms with Crippen LogP contribution in [0.3, 0.4) is 0 Å². The largest absolute Gasteiger partial charge is 0.456 e.